The number of ether oxygens (including phenoxy) is 2. The van der Waals surface area contributed by atoms with Gasteiger partial charge in [0.2, 0.25) is 0 Å². The van der Waals surface area contributed by atoms with E-state index in [0.29, 0.717) is 18.4 Å². The minimum Gasteiger partial charge on any atom is -0.497 e. The Hall–Kier alpha value is -1.54. The fourth-order valence-corrected chi connectivity index (χ4v) is 2.52. The molecule has 2 heteroatoms. The maximum atomic E-state index is 5.68. The van der Waals surface area contributed by atoms with Crippen LogP contribution in [0.15, 0.2) is 58.9 Å². The second-order valence-corrected chi connectivity index (χ2v) is 5.93. The normalized spacial score (nSPS) is 34.1. The molecule has 0 aromatic rings. The first-order chi connectivity index (χ1) is 10.1. The fraction of sp³-hybridized carbons (Fsp3) is 0.474. The minimum atomic E-state index is 0.442. The second-order valence-electron chi connectivity index (χ2n) is 5.93. The third-order valence-electron chi connectivity index (χ3n) is 4.19. The van der Waals surface area contributed by atoms with E-state index in [9.17, 15) is 0 Å². The Morgan fingerprint density at radius 3 is 3.00 bits per heavy atom. The van der Waals surface area contributed by atoms with Crippen molar-refractivity contribution in [1.82, 2.24) is 0 Å². The number of fused-ring (bicyclic) bond motifs is 1. The molecule has 0 spiro atoms. The standard InChI is InChI=1S/C19H26O2/c1-5-14(2)6-7-20-11-17-8-15(3)16(4)9-18-12-21-13-19(18)10-17/h5-10,15,18H,11-13H2,1-4H3/b7-6+,14-5+,16-9-,17-8+,19-10-. The molecule has 114 valence electrons. The zero-order valence-corrected chi connectivity index (χ0v) is 13.6. The third-order valence-corrected chi connectivity index (χ3v) is 4.19. The van der Waals surface area contributed by atoms with Crippen LogP contribution in [0.2, 0.25) is 0 Å². The Balaban J connectivity index is 2.08. The minimum absolute atomic E-state index is 0.442. The summed E-state index contributed by atoms with van der Waals surface area (Å²) in [5.41, 5.74) is 5.22. The molecule has 2 atom stereocenters. The highest BCUT2D eigenvalue weighted by Crippen LogP contribution is 2.29. The van der Waals surface area contributed by atoms with Crippen molar-refractivity contribution in [2.75, 3.05) is 19.8 Å². The van der Waals surface area contributed by atoms with Crippen LogP contribution in [-0.2, 0) is 9.47 Å². The monoisotopic (exact) mass is 286 g/mol. The Labute approximate surface area is 128 Å². The molecule has 2 aliphatic rings. The molecular weight excluding hydrogens is 260 g/mol. The van der Waals surface area contributed by atoms with Crippen molar-refractivity contribution >= 4 is 0 Å². The van der Waals surface area contributed by atoms with Gasteiger partial charge < -0.3 is 9.47 Å². The summed E-state index contributed by atoms with van der Waals surface area (Å²) in [6.07, 6.45) is 12.7. The van der Waals surface area contributed by atoms with Crippen molar-refractivity contribution in [3.8, 4) is 0 Å². The fourth-order valence-electron chi connectivity index (χ4n) is 2.52. The molecule has 0 radical (unpaired) electrons. The molecule has 1 fully saturated rings. The molecule has 1 heterocycles. The Bertz CT molecular complexity index is 518. The summed E-state index contributed by atoms with van der Waals surface area (Å²) in [6, 6.07) is 0. The highest BCUT2D eigenvalue weighted by Gasteiger charge is 2.22. The summed E-state index contributed by atoms with van der Waals surface area (Å²) in [5.74, 6) is 0.889. The first-order valence-electron chi connectivity index (χ1n) is 7.68. The van der Waals surface area contributed by atoms with Crippen LogP contribution in [0.3, 0.4) is 0 Å². The summed E-state index contributed by atoms with van der Waals surface area (Å²) in [6.45, 7) is 10.7. The lowest BCUT2D eigenvalue weighted by Gasteiger charge is -2.17. The molecule has 2 unspecified atom stereocenters. The zero-order valence-electron chi connectivity index (χ0n) is 13.6. The molecule has 0 bridgehead atoms. The average molecular weight is 286 g/mol. The van der Waals surface area contributed by atoms with Gasteiger partial charge in [-0.25, -0.2) is 0 Å². The predicted octanol–water partition coefficient (Wildman–Crippen LogP) is 4.58. The molecule has 21 heavy (non-hydrogen) atoms. The first-order valence-corrected chi connectivity index (χ1v) is 7.68. The maximum absolute atomic E-state index is 5.68. The first kappa shape index (κ1) is 15.8. The number of hydrogen-bond donors (Lipinski definition) is 0. The lowest BCUT2D eigenvalue weighted by atomic mass is 9.89. The molecule has 0 N–H and O–H groups in total. The van der Waals surface area contributed by atoms with Crippen molar-refractivity contribution in [2.24, 2.45) is 11.8 Å². The smallest absolute Gasteiger partial charge is 0.112 e. The van der Waals surface area contributed by atoms with E-state index in [1.165, 1.54) is 22.3 Å². The SMILES string of the molecule is C/C=C(C)/C=C/OCC1=C/C(C)/C(C)=C\C2COC\C2=C\1. The molecule has 1 aliphatic heterocycles. The Morgan fingerprint density at radius 1 is 1.43 bits per heavy atom. The van der Waals surface area contributed by atoms with E-state index < -0.39 is 0 Å². The predicted molar refractivity (Wildman–Crippen MR) is 87.9 cm³/mol. The summed E-state index contributed by atoms with van der Waals surface area (Å²) in [4.78, 5) is 0. The third kappa shape index (κ3) is 4.47. The van der Waals surface area contributed by atoms with Crippen LogP contribution in [0.1, 0.15) is 27.7 Å². The van der Waals surface area contributed by atoms with Crippen molar-refractivity contribution < 1.29 is 9.47 Å². The van der Waals surface area contributed by atoms with Gasteiger partial charge in [-0.1, -0.05) is 42.4 Å². The van der Waals surface area contributed by atoms with Crippen LogP contribution < -0.4 is 0 Å². The molecule has 1 aliphatic carbocycles. The summed E-state index contributed by atoms with van der Waals surface area (Å²) in [7, 11) is 0. The van der Waals surface area contributed by atoms with Crippen LogP contribution in [0.25, 0.3) is 0 Å². The topological polar surface area (TPSA) is 18.5 Å². The van der Waals surface area contributed by atoms with Gasteiger partial charge in [-0.2, -0.15) is 0 Å². The van der Waals surface area contributed by atoms with Crippen LogP contribution in [-0.4, -0.2) is 19.8 Å². The largest absolute Gasteiger partial charge is 0.497 e. The van der Waals surface area contributed by atoms with E-state index >= 15 is 0 Å². The molecule has 0 aromatic heterocycles. The van der Waals surface area contributed by atoms with Gasteiger partial charge in [0.25, 0.3) is 0 Å². The second kappa shape index (κ2) is 7.46. The molecule has 0 aromatic carbocycles. The number of rotatable bonds is 4. The van der Waals surface area contributed by atoms with Crippen LogP contribution in [0, 0.1) is 11.8 Å². The Morgan fingerprint density at radius 2 is 2.24 bits per heavy atom. The van der Waals surface area contributed by atoms with Gasteiger partial charge in [0.1, 0.15) is 6.61 Å². The molecule has 0 saturated carbocycles. The van der Waals surface area contributed by atoms with E-state index in [0.717, 1.165) is 13.2 Å². The van der Waals surface area contributed by atoms with Crippen molar-refractivity contribution in [1.29, 1.82) is 0 Å². The van der Waals surface area contributed by atoms with Crippen LogP contribution >= 0.6 is 0 Å². The van der Waals surface area contributed by atoms with E-state index in [1.807, 2.05) is 13.0 Å². The van der Waals surface area contributed by atoms with Crippen molar-refractivity contribution in [3.63, 3.8) is 0 Å². The maximum Gasteiger partial charge on any atom is 0.112 e. The summed E-state index contributed by atoms with van der Waals surface area (Å²) in [5, 5.41) is 0. The average Bonchev–Trinajstić information content (AvgIpc) is 2.88. The van der Waals surface area contributed by atoms with E-state index in [-0.39, 0.29) is 0 Å². The molecular formula is C19H26O2. The van der Waals surface area contributed by atoms with Crippen LogP contribution in [0.4, 0.5) is 0 Å². The van der Waals surface area contributed by atoms with Gasteiger partial charge in [-0.3, -0.25) is 0 Å². The molecule has 0 amide bonds. The van der Waals surface area contributed by atoms with Gasteiger partial charge in [-0.15, -0.1) is 0 Å². The quantitative estimate of drug-likeness (QED) is 0.428. The van der Waals surface area contributed by atoms with Crippen molar-refractivity contribution in [2.45, 2.75) is 27.7 Å². The Kier molecular flexibility index (Phi) is 5.63. The van der Waals surface area contributed by atoms with Gasteiger partial charge in [0.15, 0.2) is 0 Å². The summed E-state index contributed by atoms with van der Waals surface area (Å²) >= 11 is 0. The lowest BCUT2D eigenvalue weighted by Crippen LogP contribution is -2.07. The van der Waals surface area contributed by atoms with Gasteiger partial charge >= 0.3 is 0 Å². The van der Waals surface area contributed by atoms with Gasteiger partial charge in [0, 0.05) is 5.92 Å². The lowest BCUT2D eigenvalue weighted by molar-refractivity contribution is 0.195. The highest BCUT2D eigenvalue weighted by molar-refractivity contribution is 5.35. The highest BCUT2D eigenvalue weighted by atomic mass is 16.5. The van der Waals surface area contributed by atoms with Gasteiger partial charge in [-0.05, 0) is 43.9 Å². The molecule has 1 saturated heterocycles. The summed E-state index contributed by atoms with van der Waals surface area (Å²) < 4.78 is 11.3. The van der Waals surface area contributed by atoms with Gasteiger partial charge in [0.05, 0.1) is 19.5 Å². The zero-order chi connectivity index (χ0) is 15.2. The van der Waals surface area contributed by atoms with E-state index in [4.69, 9.17) is 9.47 Å². The van der Waals surface area contributed by atoms with E-state index in [2.05, 4.69) is 45.1 Å². The van der Waals surface area contributed by atoms with Crippen molar-refractivity contribution in [3.05, 3.63) is 58.9 Å². The molecule has 2 rings (SSSR count). The number of hydrogen-bond acceptors (Lipinski definition) is 2. The van der Waals surface area contributed by atoms with E-state index in [1.54, 1.807) is 6.26 Å². The van der Waals surface area contributed by atoms with Crippen LogP contribution in [0.5, 0.6) is 0 Å². The number of allylic oxidation sites excluding steroid dienone is 5. The molecule has 2 nitrogen and oxygen atoms in total.